The van der Waals surface area contributed by atoms with E-state index in [4.69, 9.17) is 5.73 Å². The summed E-state index contributed by atoms with van der Waals surface area (Å²) in [6.45, 7) is 2.33. The Morgan fingerprint density at radius 1 is 1.14 bits per heavy atom. The van der Waals surface area contributed by atoms with Crippen LogP contribution >= 0.6 is 24.0 Å². The molecule has 0 radical (unpaired) electrons. The van der Waals surface area contributed by atoms with E-state index in [0.29, 0.717) is 43.0 Å². The molecule has 0 saturated carbocycles. The van der Waals surface area contributed by atoms with Gasteiger partial charge in [0.15, 0.2) is 5.96 Å². The normalized spacial score (nSPS) is 16.2. The maximum atomic E-state index is 12.7. The van der Waals surface area contributed by atoms with Crippen molar-refractivity contribution in [3.05, 3.63) is 60.4 Å². The molecule has 1 aromatic heterocycles. The second-order valence-corrected chi connectivity index (χ2v) is 8.82. The van der Waals surface area contributed by atoms with Gasteiger partial charge in [0, 0.05) is 44.5 Å². The van der Waals surface area contributed by atoms with Crippen LogP contribution in [-0.4, -0.2) is 49.8 Å². The summed E-state index contributed by atoms with van der Waals surface area (Å²) in [6, 6.07) is 14.4. The zero-order valence-corrected chi connectivity index (χ0v) is 19.4. The van der Waals surface area contributed by atoms with Gasteiger partial charge in [-0.3, -0.25) is 9.98 Å². The van der Waals surface area contributed by atoms with Crippen LogP contribution < -0.4 is 11.1 Å². The minimum atomic E-state index is -3.40. The number of guanidine groups is 1. The lowest BCUT2D eigenvalue weighted by molar-refractivity contribution is 0.279. The Balaban J connectivity index is 0.00000300. The zero-order chi connectivity index (χ0) is 19.8. The third-order valence-electron chi connectivity index (χ3n) is 4.89. The smallest absolute Gasteiger partial charge is 0.243 e. The lowest BCUT2D eigenvalue weighted by Crippen LogP contribution is -2.39. The molecule has 1 saturated heterocycles. The van der Waals surface area contributed by atoms with E-state index in [1.54, 1.807) is 34.8 Å². The molecule has 3 rings (SSSR count). The molecule has 1 fully saturated rings. The van der Waals surface area contributed by atoms with E-state index in [0.717, 1.165) is 25.0 Å². The van der Waals surface area contributed by atoms with Gasteiger partial charge in [-0.05, 0) is 43.0 Å². The van der Waals surface area contributed by atoms with Crippen LogP contribution in [0.3, 0.4) is 0 Å². The number of aliphatic imine (C=N–C) groups is 1. The zero-order valence-electron chi connectivity index (χ0n) is 16.3. The molecular formula is C20H28IN5O2S. The lowest BCUT2D eigenvalue weighted by atomic mass is 9.98. The van der Waals surface area contributed by atoms with Gasteiger partial charge in [0.1, 0.15) is 0 Å². The van der Waals surface area contributed by atoms with E-state index in [1.165, 1.54) is 0 Å². The van der Waals surface area contributed by atoms with Crippen LogP contribution in [0.4, 0.5) is 0 Å². The van der Waals surface area contributed by atoms with Crippen LogP contribution in [0.2, 0.25) is 0 Å². The van der Waals surface area contributed by atoms with Crippen molar-refractivity contribution >= 4 is 40.0 Å². The number of nitrogens with zero attached hydrogens (tertiary/aromatic N) is 3. The fraction of sp³-hybridized carbons (Fsp3) is 0.400. The Kier molecular flexibility index (Phi) is 9.31. The molecule has 1 aliphatic rings. The quantitative estimate of drug-likeness (QED) is 0.326. The highest BCUT2D eigenvalue weighted by Gasteiger charge is 2.29. The predicted molar refractivity (Wildman–Crippen MR) is 126 cm³/mol. The summed E-state index contributed by atoms with van der Waals surface area (Å²) in [5.41, 5.74) is 6.95. The first kappa shape index (κ1) is 23.6. The molecule has 29 heavy (non-hydrogen) atoms. The lowest BCUT2D eigenvalue weighted by Gasteiger charge is -2.30. The summed E-state index contributed by atoms with van der Waals surface area (Å²) in [5.74, 6) is 0.772. The third-order valence-corrected chi connectivity index (χ3v) is 6.80. The molecule has 0 bridgehead atoms. The SMILES string of the molecule is I.NC(=NCC1CCN(S(=O)(=O)c2ccccc2)CC1)NCCc1ccccn1. The Morgan fingerprint density at radius 3 is 2.48 bits per heavy atom. The van der Waals surface area contributed by atoms with Crippen molar-refractivity contribution in [2.45, 2.75) is 24.2 Å². The fourth-order valence-corrected chi connectivity index (χ4v) is 4.71. The average molecular weight is 529 g/mol. The van der Waals surface area contributed by atoms with Gasteiger partial charge in [-0.1, -0.05) is 24.3 Å². The van der Waals surface area contributed by atoms with Gasteiger partial charge < -0.3 is 11.1 Å². The number of piperidine rings is 1. The number of hydrogen-bond donors (Lipinski definition) is 2. The van der Waals surface area contributed by atoms with Gasteiger partial charge in [-0.2, -0.15) is 4.31 Å². The molecule has 0 aliphatic carbocycles. The molecule has 1 aliphatic heterocycles. The summed E-state index contributed by atoms with van der Waals surface area (Å²) in [4.78, 5) is 9.04. The largest absolute Gasteiger partial charge is 0.370 e. The molecule has 9 heteroatoms. The molecule has 2 heterocycles. The number of hydrogen-bond acceptors (Lipinski definition) is 4. The molecular weight excluding hydrogens is 501 g/mol. The third kappa shape index (κ3) is 6.93. The number of nitrogens with two attached hydrogens (primary N) is 1. The van der Waals surface area contributed by atoms with Gasteiger partial charge in [-0.25, -0.2) is 8.42 Å². The predicted octanol–water partition coefficient (Wildman–Crippen LogP) is 2.25. The van der Waals surface area contributed by atoms with E-state index < -0.39 is 10.0 Å². The molecule has 3 N–H and O–H groups in total. The Morgan fingerprint density at radius 2 is 1.83 bits per heavy atom. The molecule has 2 aromatic rings. The van der Waals surface area contributed by atoms with E-state index in [2.05, 4.69) is 15.3 Å². The van der Waals surface area contributed by atoms with Crippen molar-refractivity contribution in [1.82, 2.24) is 14.6 Å². The van der Waals surface area contributed by atoms with Gasteiger partial charge in [0.05, 0.1) is 4.90 Å². The van der Waals surface area contributed by atoms with Crippen molar-refractivity contribution in [3.8, 4) is 0 Å². The molecule has 0 amide bonds. The van der Waals surface area contributed by atoms with Crippen molar-refractivity contribution in [2.24, 2.45) is 16.6 Å². The van der Waals surface area contributed by atoms with Gasteiger partial charge in [0.2, 0.25) is 10.0 Å². The van der Waals surface area contributed by atoms with Crippen molar-refractivity contribution in [3.63, 3.8) is 0 Å². The van der Waals surface area contributed by atoms with E-state index >= 15 is 0 Å². The summed E-state index contributed by atoms with van der Waals surface area (Å²) in [6.07, 6.45) is 4.14. The van der Waals surface area contributed by atoms with Crippen LogP contribution in [-0.2, 0) is 16.4 Å². The highest BCUT2D eigenvalue weighted by Crippen LogP contribution is 2.23. The van der Waals surface area contributed by atoms with Gasteiger partial charge in [-0.15, -0.1) is 24.0 Å². The highest BCUT2D eigenvalue weighted by molar-refractivity contribution is 14.0. The number of pyridine rings is 1. The summed E-state index contributed by atoms with van der Waals surface area (Å²) >= 11 is 0. The van der Waals surface area contributed by atoms with Crippen LogP contribution in [0, 0.1) is 5.92 Å². The molecule has 7 nitrogen and oxygen atoms in total. The van der Waals surface area contributed by atoms with Crippen molar-refractivity contribution in [2.75, 3.05) is 26.2 Å². The maximum absolute atomic E-state index is 12.7. The maximum Gasteiger partial charge on any atom is 0.243 e. The number of halogens is 1. The monoisotopic (exact) mass is 529 g/mol. The van der Waals surface area contributed by atoms with Crippen LogP contribution in [0.5, 0.6) is 0 Å². The number of aromatic nitrogens is 1. The second-order valence-electron chi connectivity index (χ2n) is 6.88. The Labute approximate surface area is 189 Å². The number of rotatable bonds is 7. The Hall–Kier alpha value is -1.72. The van der Waals surface area contributed by atoms with Crippen LogP contribution in [0.15, 0.2) is 64.6 Å². The number of sulfonamides is 1. The molecule has 1 aromatic carbocycles. The molecule has 0 atom stereocenters. The topological polar surface area (TPSA) is 101 Å². The van der Waals surface area contributed by atoms with Crippen LogP contribution in [0.1, 0.15) is 18.5 Å². The first-order chi connectivity index (χ1) is 13.6. The fourth-order valence-electron chi connectivity index (χ4n) is 3.22. The van der Waals surface area contributed by atoms with E-state index in [9.17, 15) is 8.42 Å². The summed E-state index contributed by atoms with van der Waals surface area (Å²) in [7, 11) is -3.40. The Bertz CT molecular complexity index is 870. The van der Waals surface area contributed by atoms with Gasteiger partial charge in [0.25, 0.3) is 0 Å². The molecule has 0 unspecified atom stereocenters. The highest BCUT2D eigenvalue weighted by atomic mass is 127. The van der Waals surface area contributed by atoms with Crippen LogP contribution in [0.25, 0.3) is 0 Å². The van der Waals surface area contributed by atoms with Gasteiger partial charge >= 0.3 is 0 Å². The van der Waals surface area contributed by atoms with Crippen molar-refractivity contribution < 1.29 is 8.42 Å². The second kappa shape index (κ2) is 11.5. The minimum absolute atomic E-state index is 0. The van der Waals surface area contributed by atoms with E-state index in [-0.39, 0.29) is 24.0 Å². The minimum Gasteiger partial charge on any atom is -0.370 e. The number of benzene rings is 1. The first-order valence-electron chi connectivity index (χ1n) is 9.54. The van der Waals surface area contributed by atoms with Crippen molar-refractivity contribution in [1.29, 1.82) is 0 Å². The number of nitrogens with one attached hydrogen (secondary N) is 1. The first-order valence-corrected chi connectivity index (χ1v) is 11.0. The summed E-state index contributed by atoms with van der Waals surface area (Å²) in [5, 5.41) is 3.11. The van der Waals surface area contributed by atoms with E-state index in [1.807, 2.05) is 24.3 Å². The summed E-state index contributed by atoms with van der Waals surface area (Å²) < 4.78 is 26.9. The molecule has 0 spiro atoms. The molecule has 158 valence electrons. The standard InChI is InChI=1S/C20H27N5O2S.HI/c21-20(23-13-9-18-6-4-5-12-22-18)24-16-17-10-14-25(15-11-17)28(26,27)19-7-2-1-3-8-19;/h1-8,12,17H,9-11,13-16H2,(H3,21,23,24);1H. The average Bonchev–Trinajstić information content (AvgIpc) is 2.74.